The van der Waals surface area contributed by atoms with Gasteiger partial charge in [0.15, 0.2) is 11.4 Å². The molecule has 4 nitrogen and oxygen atoms in total. The van der Waals surface area contributed by atoms with Gasteiger partial charge in [-0.05, 0) is 36.4 Å². The van der Waals surface area contributed by atoms with Gasteiger partial charge in [0.2, 0.25) is 0 Å². The first-order chi connectivity index (χ1) is 12.2. The lowest BCUT2D eigenvalue weighted by Crippen LogP contribution is -2.09. The molecular formula is C20H13ClN2O2. The largest absolute Gasteiger partial charge is 0.419 e. The van der Waals surface area contributed by atoms with E-state index < -0.39 is 5.97 Å². The number of carbonyl (C=O) groups excluding carboxylic acids is 1. The van der Waals surface area contributed by atoms with Gasteiger partial charge in [-0.3, -0.25) is 0 Å². The third-order valence-electron chi connectivity index (χ3n) is 3.80. The number of pyridine rings is 1. The van der Waals surface area contributed by atoms with Crippen molar-refractivity contribution in [3.8, 4) is 17.0 Å². The Morgan fingerprint density at radius 2 is 1.72 bits per heavy atom. The molecule has 0 radical (unpaired) electrons. The smallest absolute Gasteiger partial charge is 0.343 e. The molecule has 2 aromatic heterocycles. The van der Waals surface area contributed by atoms with Crippen LogP contribution in [0.5, 0.6) is 5.75 Å². The number of fused-ring (bicyclic) bond motifs is 1. The Balaban J connectivity index is 1.70. The topological polar surface area (TPSA) is 43.6 Å². The van der Waals surface area contributed by atoms with Crippen molar-refractivity contribution in [2.45, 2.75) is 0 Å². The van der Waals surface area contributed by atoms with E-state index in [1.165, 1.54) is 0 Å². The van der Waals surface area contributed by atoms with E-state index in [9.17, 15) is 4.79 Å². The van der Waals surface area contributed by atoms with Gasteiger partial charge in [0.1, 0.15) is 0 Å². The van der Waals surface area contributed by atoms with Gasteiger partial charge in [0.25, 0.3) is 0 Å². The second-order valence-electron chi connectivity index (χ2n) is 5.49. The summed E-state index contributed by atoms with van der Waals surface area (Å²) in [6.07, 6.45) is 3.75. The Hall–Kier alpha value is -3.11. The SMILES string of the molecule is O=C(Oc1cccn2cc(-c3ccc(Cl)cc3)nc12)c1ccccc1. The summed E-state index contributed by atoms with van der Waals surface area (Å²) in [4.78, 5) is 16.9. The lowest BCUT2D eigenvalue weighted by molar-refractivity contribution is 0.0736. The third kappa shape index (κ3) is 3.12. The molecule has 2 heterocycles. The van der Waals surface area contributed by atoms with E-state index in [0.717, 1.165) is 11.3 Å². The molecule has 25 heavy (non-hydrogen) atoms. The van der Waals surface area contributed by atoms with Crippen LogP contribution in [-0.2, 0) is 0 Å². The first-order valence-electron chi connectivity index (χ1n) is 7.71. The first kappa shape index (κ1) is 15.4. The lowest BCUT2D eigenvalue weighted by atomic mass is 10.2. The van der Waals surface area contributed by atoms with E-state index in [2.05, 4.69) is 4.98 Å². The van der Waals surface area contributed by atoms with E-state index in [0.29, 0.717) is 22.0 Å². The Morgan fingerprint density at radius 3 is 2.48 bits per heavy atom. The molecule has 5 heteroatoms. The molecule has 4 rings (SSSR count). The average Bonchev–Trinajstić information content (AvgIpc) is 3.08. The van der Waals surface area contributed by atoms with Crippen molar-refractivity contribution in [1.29, 1.82) is 0 Å². The normalized spacial score (nSPS) is 10.8. The number of ether oxygens (including phenoxy) is 1. The van der Waals surface area contributed by atoms with Crippen LogP contribution in [0, 0.1) is 0 Å². The highest BCUT2D eigenvalue weighted by Gasteiger charge is 2.13. The van der Waals surface area contributed by atoms with Gasteiger partial charge in [0.05, 0.1) is 11.3 Å². The van der Waals surface area contributed by atoms with Crippen LogP contribution < -0.4 is 4.74 Å². The van der Waals surface area contributed by atoms with E-state index in [4.69, 9.17) is 16.3 Å². The van der Waals surface area contributed by atoms with E-state index in [1.807, 2.05) is 53.2 Å². The molecular weight excluding hydrogens is 336 g/mol. The molecule has 0 saturated carbocycles. The predicted molar refractivity (Wildman–Crippen MR) is 97.0 cm³/mol. The number of hydrogen-bond donors (Lipinski definition) is 0. The van der Waals surface area contributed by atoms with Crippen LogP contribution in [0.1, 0.15) is 10.4 Å². The number of rotatable bonds is 3. The Kier molecular flexibility index (Phi) is 3.96. The molecule has 0 aliphatic carbocycles. The third-order valence-corrected chi connectivity index (χ3v) is 4.05. The van der Waals surface area contributed by atoms with Gasteiger partial charge in [-0.25, -0.2) is 9.78 Å². The number of carbonyl (C=O) groups is 1. The van der Waals surface area contributed by atoms with Gasteiger partial charge in [-0.1, -0.05) is 41.9 Å². The number of hydrogen-bond acceptors (Lipinski definition) is 3. The molecule has 0 N–H and O–H groups in total. The maximum absolute atomic E-state index is 12.3. The molecule has 122 valence electrons. The summed E-state index contributed by atoms with van der Waals surface area (Å²) < 4.78 is 7.37. The molecule has 0 aliphatic rings. The molecule has 0 amide bonds. The molecule has 4 aromatic rings. The zero-order valence-electron chi connectivity index (χ0n) is 13.1. The summed E-state index contributed by atoms with van der Waals surface area (Å²) in [6, 6.07) is 19.9. The van der Waals surface area contributed by atoms with Gasteiger partial charge < -0.3 is 9.14 Å². The van der Waals surface area contributed by atoms with Crippen molar-refractivity contribution in [3.05, 3.63) is 89.7 Å². The number of imidazole rings is 1. The number of nitrogens with zero attached hydrogens (tertiary/aromatic N) is 2. The summed E-state index contributed by atoms with van der Waals surface area (Å²) in [5.41, 5.74) is 2.79. The Bertz CT molecular complexity index is 1040. The lowest BCUT2D eigenvalue weighted by Gasteiger charge is -2.05. The van der Waals surface area contributed by atoms with Crippen LogP contribution in [0.25, 0.3) is 16.9 Å². The summed E-state index contributed by atoms with van der Waals surface area (Å²) in [7, 11) is 0. The van der Waals surface area contributed by atoms with Crippen LogP contribution in [0.4, 0.5) is 0 Å². The second kappa shape index (κ2) is 6.42. The van der Waals surface area contributed by atoms with E-state index in [1.54, 1.807) is 30.3 Å². The van der Waals surface area contributed by atoms with Gasteiger partial charge in [0, 0.05) is 23.0 Å². The summed E-state index contributed by atoms with van der Waals surface area (Å²) in [5, 5.41) is 0.671. The minimum absolute atomic E-state index is 0.412. The molecule has 0 saturated heterocycles. The second-order valence-corrected chi connectivity index (χ2v) is 5.93. The fourth-order valence-electron chi connectivity index (χ4n) is 2.56. The number of halogens is 1. The Labute approximate surface area is 149 Å². The number of aromatic nitrogens is 2. The highest BCUT2D eigenvalue weighted by atomic mass is 35.5. The zero-order valence-corrected chi connectivity index (χ0v) is 13.9. The minimum atomic E-state index is -0.412. The van der Waals surface area contributed by atoms with E-state index in [-0.39, 0.29) is 0 Å². The number of benzene rings is 2. The minimum Gasteiger partial charge on any atom is -0.419 e. The monoisotopic (exact) mass is 348 g/mol. The number of esters is 1. The molecule has 0 spiro atoms. The van der Waals surface area contributed by atoms with E-state index >= 15 is 0 Å². The van der Waals surface area contributed by atoms with Crippen molar-refractivity contribution in [2.24, 2.45) is 0 Å². The maximum atomic E-state index is 12.3. The molecule has 0 atom stereocenters. The predicted octanol–water partition coefficient (Wildman–Crippen LogP) is 4.87. The van der Waals surface area contributed by atoms with Crippen molar-refractivity contribution in [2.75, 3.05) is 0 Å². The van der Waals surface area contributed by atoms with Crippen LogP contribution in [-0.4, -0.2) is 15.4 Å². The summed E-state index contributed by atoms with van der Waals surface area (Å²) in [6.45, 7) is 0. The van der Waals surface area contributed by atoms with Gasteiger partial charge >= 0.3 is 5.97 Å². The highest BCUT2D eigenvalue weighted by Crippen LogP contribution is 2.26. The molecule has 0 bridgehead atoms. The van der Waals surface area contributed by atoms with Crippen LogP contribution >= 0.6 is 11.6 Å². The van der Waals surface area contributed by atoms with Crippen molar-refractivity contribution in [3.63, 3.8) is 0 Å². The van der Waals surface area contributed by atoms with Crippen molar-refractivity contribution >= 4 is 23.2 Å². The Morgan fingerprint density at radius 1 is 0.960 bits per heavy atom. The quantitative estimate of drug-likeness (QED) is 0.496. The zero-order chi connectivity index (χ0) is 17.2. The average molecular weight is 349 g/mol. The standard InChI is InChI=1S/C20H13ClN2O2/c21-16-10-8-14(9-11-16)17-13-23-12-4-7-18(19(23)22-17)25-20(24)15-5-2-1-3-6-15/h1-13H. The fraction of sp³-hybridized carbons (Fsp3) is 0. The highest BCUT2D eigenvalue weighted by molar-refractivity contribution is 6.30. The maximum Gasteiger partial charge on any atom is 0.343 e. The van der Waals surface area contributed by atoms with Crippen LogP contribution in [0.15, 0.2) is 79.1 Å². The van der Waals surface area contributed by atoms with Crippen molar-refractivity contribution < 1.29 is 9.53 Å². The summed E-state index contributed by atoms with van der Waals surface area (Å²) >= 11 is 5.94. The molecule has 0 aliphatic heterocycles. The van der Waals surface area contributed by atoms with Gasteiger partial charge in [-0.15, -0.1) is 0 Å². The molecule has 0 unspecified atom stereocenters. The summed E-state index contributed by atoms with van der Waals surface area (Å²) in [5.74, 6) is 0.00121. The van der Waals surface area contributed by atoms with Crippen molar-refractivity contribution in [1.82, 2.24) is 9.38 Å². The molecule has 2 aromatic carbocycles. The van der Waals surface area contributed by atoms with Gasteiger partial charge in [-0.2, -0.15) is 0 Å². The van der Waals surface area contributed by atoms with Crippen LogP contribution in [0.3, 0.4) is 0 Å². The van der Waals surface area contributed by atoms with Crippen LogP contribution in [0.2, 0.25) is 5.02 Å². The first-order valence-corrected chi connectivity index (χ1v) is 8.09. The molecule has 0 fully saturated rings. The fourth-order valence-corrected chi connectivity index (χ4v) is 2.69.